The van der Waals surface area contributed by atoms with Gasteiger partial charge in [-0.3, -0.25) is 9.59 Å². The van der Waals surface area contributed by atoms with Gasteiger partial charge in [-0.1, -0.05) is 30.3 Å². The average Bonchev–Trinajstić information content (AvgIpc) is 3.25. The van der Waals surface area contributed by atoms with Crippen LogP contribution in [0.3, 0.4) is 0 Å². The predicted molar refractivity (Wildman–Crippen MR) is 106 cm³/mol. The number of nitrogens with one attached hydrogen (secondary N) is 1. The minimum Gasteiger partial charge on any atom is -0.344 e. The van der Waals surface area contributed by atoms with Crippen molar-refractivity contribution in [2.45, 2.75) is 13.0 Å². The normalized spacial score (nSPS) is 12.1. The molecule has 28 heavy (non-hydrogen) atoms. The van der Waals surface area contributed by atoms with Gasteiger partial charge in [-0.2, -0.15) is 5.10 Å². The zero-order chi connectivity index (χ0) is 19.7. The highest BCUT2D eigenvalue weighted by molar-refractivity contribution is 6.04. The molecule has 0 spiro atoms. The summed E-state index contributed by atoms with van der Waals surface area (Å²) >= 11 is 0. The quantitative estimate of drug-likeness (QED) is 0.596. The topological polar surface area (TPSA) is 81.8 Å². The number of carbonyl (C=O) groups excluding carboxylic acids is 1. The molecule has 0 aliphatic heterocycles. The number of nitrogens with zero attached hydrogens (tertiary/aromatic N) is 4. The van der Waals surface area contributed by atoms with Crippen molar-refractivity contribution in [2.75, 3.05) is 0 Å². The molecule has 7 heteroatoms. The van der Waals surface area contributed by atoms with E-state index in [0.29, 0.717) is 10.8 Å². The fourth-order valence-corrected chi connectivity index (χ4v) is 3.16. The smallest absolute Gasteiger partial charge is 0.274 e. The number of aromatic nitrogens is 4. The monoisotopic (exact) mass is 373 g/mol. The van der Waals surface area contributed by atoms with Gasteiger partial charge in [-0.15, -0.1) is 0 Å². The lowest BCUT2D eigenvalue weighted by atomic mass is 10.1. The first-order valence-corrected chi connectivity index (χ1v) is 8.90. The molecular formula is C21H19N5O2. The zero-order valence-electron chi connectivity index (χ0n) is 15.5. The van der Waals surface area contributed by atoms with Gasteiger partial charge in [0, 0.05) is 30.5 Å². The standard InChI is InChI=1S/C21H19N5O2/c1-14(15-7-9-16(10-8-15)26-12-11-22-13-26)23-20(27)19-17-5-3-4-6-18(17)21(28)25(2)24-19/h3-14H,1-2H3,(H,23,27)/t14-/m1/s1. The lowest BCUT2D eigenvalue weighted by Gasteiger charge is -2.16. The van der Waals surface area contributed by atoms with Crippen molar-refractivity contribution in [2.24, 2.45) is 7.05 Å². The number of amides is 1. The fraction of sp³-hybridized carbons (Fsp3) is 0.143. The molecular weight excluding hydrogens is 354 g/mol. The molecule has 4 rings (SSSR count). The first-order valence-electron chi connectivity index (χ1n) is 8.90. The van der Waals surface area contributed by atoms with Crippen LogP contribution in [0.15, 0.2) is 72.0 Å². The maximum absolute atomic E-state index is 12.9. The molecule has 1 atom stereocenters. The van der Waals surface area contributed by atoms with Crippen molar-refractivity contribution in [3.63, 3.8) is 0 Å². The highest BCUT2D eigenvalue weighted by atomic mass is 16.2. The van der Waals surface area contributed by atoms with Crippen LogP contribution in [-0.4, -0.2) is 25.2 Å². The number of carbonyl (C=O) groups is 1. The molecule has 2 aromatic heterocycles. The highest BCUT2D eigenvalue weighted by Gasteiger charge is 2.18. The van der Waals surface area contributed by atoms with E-state index in [4.69, 9.17) is 0 Å². The van der Waals surface area contributed by atoms with Crippen LogP contribution >= 0.6 is 0 Å². The van der Waals surface area contributed by atoms with E-state index in [2.05, 4.69) is 15.4 Å². The van der Waals surface area contributed by atoms with Crippen LogP contribution in [0, 0.1) is 0 Å². The second-order valence-electron chi connectivity index (χ2n) is 6.58. The van der Waals surface area contributed by atoms with Crippen molar-refractivity contribution in [3.8, 4) is 5.69 Å². The van der Waals surface area contributed by atoms with Gasteiger partial charge >= 0.3 is 0 Å². The van der Waals surface area contributed by atoms with Gasteiger partial charge in [0.1, 0.15) is 0 Å². The first-order chi connectivity index (χ1) is 13.5. The van der Waals surface area contributed by atoms with Crippen LogP contribution < -0.4 is 10.9 Å². The minimum atomic E-state index is -0.321. The van der Waals surface area contributed by atoms with E-state index in [9.17, 15) is 9.59 Å². The largest absolute Gasteiger partial charge is 0.344 e. The van der Waals surface area contributed by atoms with Crippen molar-refractivity contribution >= 4 is 16.7 Å². The van der Waals surface area contributed by atoms with Crippen molar-refractivity contribution in [1.82, 2.24) is 24.6 Å². The third-order valence-electron chi connectivity index (χ3n) is 4.71. The van der Waals surface area contributed by atoms with Gasteiger partial charge in [0.25, 0.3) is 11.5 Å². The summed E-state index contributed by atoms with van der Waals surface area (Å²) in [5.74, 6) is -0.321. The Labute approximate surface area is 161 Å². The molecule has 2 heterocycles. The summed E-state index contributed by atoms with van der Waals surface area (Å²) in [5.41, 5.74) is 1.96. The number of rotatable bonds is 4. The number of benzene rings is 2. The van der Waals surface area contributed by atoms with Crippen LogP contribution in [0.1, 0.15) is 29.0 Å². The van der Waals surface area contributed by atoms with Gasteiger partial charge in [0.2, 0.25) is 0 Å². The Kier molecular flexibility index (Phi) is 4.49. The molecule has 1 N–H and O–H groups in total. The SMILES string of the molecule is C[C@@H](NC(=O)c1nn(C)c(=O)c2ccccc12)c1ccc(-n2ccnc2)cc1. The van der Waals surface area contributed by atoms with Crippen molar-refractivity contribution < 1.29 is 4.79 Å². The molecule has 0 saturated heterocycles. The van der Waals surface area contributed by atoms with Gasteiger partial charge < -0.3 is 9.88 Å². The Hall–Kier alpha value is -3.74. The number of fused-ring (bicyclic) bond motifs is 1. The van der Waals surface area contributed by atoms with E-state index in [0.717, 1.165) is 11.3 Å². The minimum absolute atomic E-state index is 0.220. The van der Waals surface area contributed by atoms with E-state index in [1.807, 2.05) is 42.0 Å². The Morgan fingerprint density at radius 3 is 2.46 bits per heavy atom. The molecule has 0 radical (unpaired) electrons. The van der Waals surface area contributed by atoms with Crippen LogP contribution in [0.2, 0.25) is 0 Å². The average molecular weight is 373 g/mol. The van der Waals surface area contributed by atoms with E-state index in [1.54, 1.807) is 43.8 Å². The van der Waals surface area contributed by atoms with Crippen LogP contribution in [-0.2, 0) is 7.05 Å². The molecule has 7 nitrogen and oxygen atoms in total. The number of imidazole rings is 1. The molecule has 0 aliphatic carbocycles. The molecule has 4 aromatic rings. The third kappa shape index (κ3) is 3.18. The fourth-order valence-electron chi connectivity index (χ4n) is 3.16. The summed E-state index contributed by atoms with van der Waals surface area (Å²) in [7, 11) is 1.55. The molecule has 0 bridgehead atoms. The predicted octanol–water partition coefficient (Wildman–Crippen LogP) is 2.61. The Balaban J connectivity index is 1.59. The van der Waals surface area contributed by atoms with Gasteiger partial charge in [0.15, 0.2) is 5.69 Å². The Morgan fingerprint density at radius 1 is 1.07 bits per heavy atom. The Bertz CT molecular complexity index is 1190. The lowest BCUT2D eigenvalue weighted by Crippen LogP contribution is -2.31. The summed E-state index contributed by atoms with van der Waals surface area (Å²) < 4.78 is 3.11. The number of hydrogen-bond acceptors (Lipinski definition) is 4. The summed E-state index contributed by atoms with van der Waals surface area (Å²) in [6.07, 6.45) is 5.33. The summed E-state index contributed by atoms with van der Waals surface area (Å²) in [4.78, 5) is 29.1. The van der Waals surface area contributed by atoms with E-state index in [1.165, 1.54) is 4.68 Å². The highest BCUT2D eigenvalue weighted by Crippen LogP contribution is 2.18. The van der Waals surface area contributed by atoms with Gasteiger partial charge in [-0.25, -0.2) is 9.67 Å². The molecule has 0 saturated carbocycles. The summed E-state index contributed by atoms with van der Waals surface area (Å²) in [6.45, 7) is 1.91. The molecule has 2 aromatic carbocycles. The second kappa shape index (κ2) is 7.11. The van der Waals surface area contributed by atoms with Gasteiger partial charge in [-0.05, 0) is 30.7 Å². The molecule has 140 valence electrons. The maximum Gasteiger partial charge on any atom is 0.274 e. The molecule has 0 fully saturated rings. The second-order valence-corrected chi connectivity index (χ2v) is 6.58. The maximum atomic E-state index is 12.9. The van der Waals surface area contributed by atoms with E-state index in [-0.39, 0.29) is 23.2 Å². The van der Waals surface area contributed by atoms with E-state index >= 15 is 0 Å². The number of hydrogen-bond donors (Lipinski definition) is 1. The van der Waals surface area contributed by atoms with Crippen LogP contribution in [0.5, 0.6) is 0 Å². The van der Waals surface area contributed by atoms with E-state index < -0.39 is 0 Å². The van der Waals surface area contributed by atoms with Crippen LogP contribution in [0.4, 0.5) is 0 Å². The summed E-state index contributed by atoms with van der Waals surface area (Å²) in [5, 5.41) is 8.17. The number of aryl methyl sites for hydroxylation is 1. The molecule has 0 unspecified atom stereocenters. The molecule has 0 aliphatic rings. The zero-order valence-corrected chi connectivity index (χ0v) is 15.5. The Morgan fingerprint density at radius 2 is 1.79 bits per heavy atom. The van der Waals surface area contributed by atoms with Crippen LogP contribution in [0.25, 0.3) is 16.5 Å². The summed E-state index contributed by atoms with van der Waals surface area (Å²) in [6, 6.07) is 14.7. The third-order valence-corrected chi connectivity index (χ3v) is 4.71. The van der Waals surface area contributed by atoms with Crippen molar-refractivity contribution in [1.29, 1.82) is 0 Å². The lowest BCUT2D eigenvalue weighted by molar-refractivity contribution is 0.0934. The van der Waals surface area contributed by atoms with Gasteiger partial charge in [0.05, 0.1) is 17.8 Å². The first kappa shape index (κ1) is 17.7. The molecule has 1 amide bonds. The van der Waals surface area contributed by atoms with Crippen molar-refractivity contribution in [3.05, 3.63) is 88.9 Å².